The quantitative estimate of drug-likeness (QED) is 0.465. The van der Waals surface area contributed by atoms with Crippen LogP contribution < -0.4 is 9.80 Å². The maximum absolute atomic E-state index is 15.1. The van der Waals surface area contributed by atoms with Gasteiger partial charge in [0.1, 0.15) is 11.8 Å². The maximum Gasteiger partial charge on any atom is 0.414 e. The molecule has 4 rings (SSSR count). The van der Waals surface area contributed by atoms with Crippen LogP contribution in [0, 0.1) is 11.6 Å². The Kier molecular flexibility index (Phi) is 7.94. The highest BCUT2D eigenvalue weighted by Crippen LogP contribution is 2.32. The topological polar surface area (TPSA) is 109 Å². The first kappa shape index (κ1) is 26.8. The lowest BCUT2D eigenvalue weighted by Crippen LogP contribution is -2.35. The van der Waals surface area contributed by atoms with Gasteiger partial charge in [-0.15, -0.1) is 0 Å². The predicted octanol–water partition coefficient (Wildman–Crippen LogP) is 2.74. The zero-order chi connectivity index (χ0) is 26.7. The fourth-order valence-electron chi connectivity index (χ4n) is 3.98. The second-order valence-corrected chi connectivity index (χ2v) is 10.0. The van der Waals surface area contributed by atoms with Crippen LogP contribution in [-0.4, -0.2) is 75.1 Å². The highest BCUT2D eigenvalue weighted by molar-refractivity contribution is 7.89. The molecule has 2 fully saturated rings. The van der Waals surface area contributed by atoms with Crippen LogP contribution in [0.25, 0.3) is 0 Å². The van der Waals surface area contributed by atoms with Crippen LogP contribution in [0.2, 0.25) is 0 Å². The summed E-state index contributed by atoms with van der Waals surface area (Å²) in [6.45, 7) is -0.691. The highest BCUT2D eigenvalue weighted by atomic mass is 32.2. The van der Waals surface area contributed by atoms with Gasteiger partial charge in [-0.3, -0.25) is 19.5 Å². The first-order valence-electron chi connectivity index (χ1n) is 11.2. The van der Waals surface area contributed by atoms with Gasteiger partial charge < -0.3 is 9.64 Å². The summed E-state index contributed by atoms with van der Waals surface area (Å²) < 4.78 is 86.3. The average molecular weight is 546 g/mol. The lowest BCUT2D eigenvalue weighted by Gasteiger charge is -2.24. The third-order valence-electron chi connectivity index (χ3n) is 5.82. The molecule has 0 saturated carbocycles. The number of nitrogens with zero attached hydrogens (tertiary/aromatic N) is 4. The fourth-order valence-corrected chi connectivity index (χ4v) is 5.21. The Morgan fingerprint density at radius 1 is 1.11 bits per heavy atom. The number of hydrogen-bond donors (Lipinski definition) is 0. The summed E-state index contributed by atoms with van der Waals surface area (Å²) in [6.07, 6.45) is -2.98. The summed E-state index contributed by atoms with van der Waals surface area (Å²) in [6, 6.07) is 4.43. The van der Waals surface area contributed by atoms with Crippen LogP contribution in [0.3, 0.4) is 0 Å². The van der Waals surface area contributed by atoms with Crippen molar-refractivity contribution in [1.82, 2.24) is 9.45 Å². The minimum Gasteiger partial charge on any atom is -0.444 e. The van der Waals surface area contributed by atoms with E-state index >= 15 is 8.78 Å². The number of carbonyl (C=O) groups excluding carboxylic acids is 2. The SMILES string of the molecule is O=C(CC[C@H]1CN(c2cc(F)c(N3CCON(S(=O)(=O)c4ccncc4)CC3)c(F)c2)C(=O)O1)C(F)F. The van der Waals surface area contributed by atoms with Crippen LogP contribution >= 0.6 is 0 Å². The Balaban J connectivity index is 1.45. The summed E-state index contributed by atoms with van der Waals surface area (Å²) in [7, 11) is -4.02. The number of Topliss-reactive ketones (excluding diaryl/α,β-unsaturated/α-hetero) is 1. The smallest absolute Gasteiger partial charge is 0.414 e. The summed E-state index contributed by atoms with van der Waals surface area (Å²) in [4.78, 5) is 34.6. The number of benzene rings is 1. The molecule has 2 aliphatic rings. The lowest BCUT2D eigenvalue weighted by molar-refractivity contribution is -0.129. The Morgan fingerprint density at radius 3 is 2.43 bits per heavy atom. The number of hydrogen-bond acceptors (Lipinski definition) is 8. The highest BCUT2D eigenvalue weighted by Gasteiger charge is 2.35. The maximum atomic E-state index is 15.1. The van der Waals surface area contributed by atoms with Crippen molar-refractivity contribution in [2.45, 2.75) is 30.3 Å². The number of halogens is 4. The molecule has 1 amide bonds. The van der Waals surface area contributed by atoms with E-state index in [0.717, 1.165) is 21.5 Å². The molecule has 0 unspecified atom stereocenters. The third-order valence-corrected chi connectivity index (χ3v) is 7.52. The van der Waals surface area contributed by atoms with E-state index in [4.69, 9.17) is 9.57 Å². The minimum atomic E-state index is -4.02. The summed E-state index contributed by atoms with van der Waals surface area (Å²) in [5, 5.41) is 0. The standard InChI is InChI=1S/C22H22F4N4O6S/c23-17-11-14(29-13-15(36-22(29)32)1-2-19(31)21(25)26)12-18(24)20(17)28-7-8-30(35-10-9-28)37(33,34)16-3-5-27-6-4-16/h3-6,11-12,15,21H,1-2,7-10,13H2/t15-/m0/s1. The van der Waals surface area contributed by atoms with Crippen molar-refractivity contribution < 1.29 is 45.1 Å². The molecular weight excluding hydrogens is 524 g/mol. The van der Waals surface area contributed by atoms with Crippen molar-refractivity contribution in [1.29, 1.82) is 0 Å². The van der Waals surface area contributed by atoms with Crippen LogP contribution in [0.5, 0.6) is 0 Å². The van der Waals surface area contributed by atoms with E-state index < -0.39 is 58.2 Å². The number of pyridine rings is 1. The molecule has 2 aliphatic heterocycles. The van der Waals surface area contributed by atoms with Crippen LogP contribution in [-0.2, 0) is 24.4 Å². The number of amides is 1. The molecule has 10 nitrogen and oxygen atoms in total. The summed E-state index contributed by atoms with van der Waals surface area (Å²) in [5.74, 6) is -3.31. The Hall–Kier alpha value is -3.30. The van der Waals surface area contributed by atoms with Crippen LogP contribution in [0.4, 0.5) is 33.7 Å². The molecule has 2 aromatic rings. The molecule has 0 aliphatic carbocycles. The molecule has 0 bridgehead atoms. The van der Waals surface area contributed by atoms with E-state index in [2.05, 4.69) is 4.98 Å². The Labute approximate surface area is 209 Å². The molecule has 1 atom stereocenters. The number of sulfonamides is 1. The van der Waals surface area contributed by atoms with Gasteiger partial charge in [-0.2, -0.15) is 0 Å². The van der Waals surface area contributed by atoms with Gasteiger partial charge in [0.15, 0.2) is 17.4 Å². The number of ketones is 1. The van der Waals surface area contributed by atoms with Crippen molar-refractivity contribution >= 4 is 33.3 Å². The summed E-state index contributed by atoms with van der Waals surface area (Å²) >= 11 is 0. The molecule has 0 radical (unpaired) electrons. The molecule has 37 heavy (non-hydrogen) atoms. The Morgan fingerprint density at radius 2 is 1.78 bits per heavy atom. The number of hydroxylamine groups is 1. The van der Waals surface area contributed by atoms with E-state index in [9.17, 15) is 26.8 Å². The van der Waals surface area contributed by atoms with Gasteiger partial charge in [-0.1, -0.05) is 4.47 Å². The van der Waals surface area contributed by atoms with Gasteiger partial charge in [0.25, 0.3) is 16.4 Å². The average Bonchev–Trinajstić information content (AvgIpc) is 3.06. The number of rotatable bonds is 8. The van der Waals surface area contributed by atoms with Crippen molar-refractivity contribution in [3.05, 3.63) is 48.3 Å². The zero-order valence-corrected chi connectivity index (χ0v) is 20.0. The van der Waals surface area contributed by atoms with Crippen LogP contribution in [0.1, 0.15) is 12.8 Å². The minimum absolute atomic E-state index is 0.0262. The van der Waals surface area contributed by atoms with Crippen molar-refractivity contribution in [3.8, 4) is 0 Å². The monoisotopic (exact) mass is 546 g/mol. The second kappa shape index (κ2) is 11.0. The zero-order valence-electron chi connectivity index (χ0n) is 19.2. The van der Waals surface area contributed by atoms with Gasteiger partial charge in [-0.05, 0) is 18.6 Å². The first-order chi connectivity index (χ1) is 17.6. The number of carbonyl (C=O) groups is 2. The van der Waals surface area contributed by atoms with Gasteiger partial charge >= 0.3 is 6.09 Å². The number of ether oxygens (including phenoxy) is 1. The second-order valence-electron chi connectivity index (χ2n) is 8.21. The molecule has 1 aromatic heterocycles. The molecule has 200 valence electrons. The summed E-state index contributed by atoms with van der Waals surface area (Å²) in [5.41, 5.74) is -0.582. The van der Waals surface area contributed by atoms with Gasteiger partial charge in [0, 0.05) is 44.0 Å². The molecule has 1 aromatic carbocycles. The molecular formula is C22H22F4N4O6S. The number of cyclic esters (lactones) is 1. The van der Waals surface area contributed by atoms with Gasteiger partial charge in [0.05, 0.1) is 30.3 Å². The lowest BCUT2D eigenvalue weighted by atomic mass is 10.1. The fraction of sp³-hybridized carbons (Fsp3) is 0.409. The van der Waals surface area contributed by atoms with E-state index in [1.807, 2.05) is 0 Å². The van der Waals surface area contributed by atoms with E-state index in [1.54, 1.807) is 0 Å². The molecule has 2 saturated heterocycles. The van der Waals surface area contributed by atoms with E-state index in [0.29, 0.717) is 0 Å². The molecule has 0 N–H and O–H groups in total. The largest absolute Gasteiger partial charge is 0.444 e. The number of aromatic nitrogens is 1. The third kappa shape index (κ3) is 5.83. The van der Waals surface area contributed by atoms with Crippen molar-refractivity contribution in [2.75, 3.05) is 42.6 Å². The molecule has 3 heterocycles. The van der Waals surface area contributed by atoms with E-state index in [1.165, 1.54) is 29.4 Å². The van der Waals surface area contributed by atoms with Crippen LogP contribution in [0.15, 0.2) is 41.6 Å². The normalized spacial score (nSPS) is 19.3. The molecule has 0 spiro atoms. The first-order valence-corrected chi connectivity index (χ1v) is 12.6. The van der Waals surface area contributed by atoms with Crippen molar-refractivity contribution in [3.63, 3.8) is 0 Å². The molecule has 15 heteroatoms. The number of alkyl halides is 2. The number of anilines is 2. The Bertz CT molecular complexity index is 1240. The van der Waals surface area contributed by atoms with Crippen molar-refractivity contribution in [2.24, 2.45) is 0 Å². The predicted molar refractivity (Wildman–Crippen MR) is 121 cm³/mol. The van der Waals surface area contributed by atoms with Gasteiger partial charge in [-0.25, -0.2) is 30.8 Å². The van der Waals surface area contributed by atoms with Gasteiger partial charge in [0.2, 0.25) is 0 Å². The van der Waals surface area contributed by atoms with E-state index in [-0.39, 0.29) is 49.8 Å².